The van der Waals surface area contributed by atoms with Crippen molar-refractivity contribution in [2.24, 2.45) is 5.73 Å². The van der Waals surface area contributed by atoms with Gasteiger partial charge in [0.05, 0.1) is 17.4 Å². The van der Waals surface area contributed by atoms with Crippen LogP contribution in [0.25, 0.3) is 0 Å². The number of benzene rings is 1. The number of hydrogen-bond donors (Lipinski definition) is 4. The number of anilines is 4. The summed E-state index contributed by atoms with van der Waals surface area (Å²) in [4.78, 5) is 31.7. The SMILES string of the molecule is CNC(=O)c1cnc(Nc2ccc(F)cn2)cc1Nc1ccc(C(N)=O)cc1C. The van der Waals surface area contributed by atoms with Crippen molar-refractivity contribution in [3.05, 3.63) is 71.3 Å². The maximum Gasteiger partial charge on any atom is 0.254 e. The van der Waals surface area contributed by atoms with Gasteiger partial charge in [-0.1, -0.05) is 0 Å². The molecular weight excluding hydrogens is 375 g/mol. The Hall–Kier alpha value is -4.01. The highest BCUT2D eigenvalue weighted by Crippen LogP contribution is 2.27. The fraction of sp³-hybridized carbons (Fsp3) is 0.100. The van der Waals surface area contributed by atoms with Gasteiger partial charge in [-0.3, -0.25) is 9.59 Å². The molecule has 2 amide bonds. The van der Waals surface area contributed by atoms with Gasteiger partial charge in [-0.25, -0.2) is 14.4 Å². The molecule has 3 aromatic rings. The van der Waals surface area contributed by atoms with Crippen LogP contribution in [0.2, 0.25) is 0 Å². The number of pyridine rings is 2. The third kappa shape index (κ3) is 4.64. The lowest BCUT2D eigenvalue weighted by Crippen LogP contribution is -2.19. The van der Waals surface area contributed by atoms with E-state index in [1.165, 1.54) is 25.4 Å². The summed E-state index contributed by atoms with van der Waals surface area (Å²) < 4.78 is 13.0. The molecule has 9 heteroatoms. The van der Waals surface area contributed by atoms with Gasteiger partial charge in [-0.05, 0) is 42.8 Å². The fourth-order valence-electron chi connectivity index (χ4n) is 2.63. The van der Waals surface area contributed by atoms with Crippen LogP contribution in [0.5, 0.6) is 0 Å². The maximum atomic E-state index is 13.0. The van der Waals surface area contributed by atoms with E-state index in [0.29, 0.717) is 34.1 Å². The van der Waals surface area contributed by atoms with E-state index in [2.05, 4.69) is 25.9 Å². The lowest BCUT2D eigenvalue weighted by atomic mass is 10.1. The van der Waals surface area contributed by atoms with Crippen LogP contribution in [-0.4, -0.2) is 28.8 Å². The molecule has 0 aliphatic rings. The van der Waals surface area contributed by atoms with Gasteiger partial charge in [0.25, 0.3) is 5.91 Å². The molecule has 148 valence electrons. The van der Waals surface area contributed by atoms with Crippen molar-refractivity contribution < 1.29 is 14.0 Å². The van der Waals surface area contributed by atoms with Crippen LogP contribution < -0.4 is 21.7 Å². The van der Waals surface area contributed by atoms with E-state index < -0.39 is 11.7 Å². The van der Waals surface area contributed by atoms with Crippen molar-refractivity contribution in [3.63, 3.8) is 0 Å². The topological polar surface area (TPSA) is 122 Å². The lowest BCUT2D eigenvalue weighted by Gasteiger charge is -2.15. The van der Waals surface area contributed by atoms with Crippen LogP contribution in [-0.2, 0) is 0 Å². The first-order valence-corrected chi connectivity index (χ1v) is 8.65. The number of carbonyl (C=O) groups excluding carboxylic acids is 2. The van der Waals surface area contributed by atoms with E-state index >= 15 is 0 Å². The van der Waals surface area contributed by atoms with Crippen molar-refractivity contribution in [1.29, 1.82) is 0 Å². The number of hydrogen-bond acceptors (Lipinski definition) is 6. The molecule has 2 heterocycles. The molecule has 0 radical (unpaired) electrons. The predicted octanol–water partition coefficient (Wildman–Crippen LogP) is 2.87. The minimum absolute atomic E-state index is 0.321. The first-order chi connectivity index (χ1) is 13.9. The average molecular weight is 394 g/mol. The van der Waals surface area contributed by atoms with Gasteiger partial charge in [-0.2, -0.15) is 0 Å². The fourth-order valence-corrected chi connectivity index (χ4v) is 2.63. The zero-order valence-corrected chi connectivity index (χ0v) is 15.8. The quantitative estimate of drug-likeness (QED) is 0.510. The lowest BCUT2D eigenvalue weighted by molar-refractivity contribution is 0.0962. The van der Waals surface area contributed by atoms with Crippen molar-refractivity contribution >= 4 is 34.8 Å². The molecule has 0 aliphatic heterocycles. The third-order valence-electron chi connectivity index (χ3n) is 4.14. The zero-order valence-electron chi connectivity index (χ0n) is 15.8. The summed E-state index contributed by atoms with van der Waals surface area (Å²) in [5.74, 6) is -0.480. The average Bonchev–Trinajstić information content (AvgIpc) is 2.70. The number of aryl methyl sites for hydroxylation is 1. The Morgan fingerprint density at radius 3 is 2.34 bits per heavy atom. The third-order valence-corrected chi connectivity index (χ3v) is 4.14. The maximum absolute atomic E-state index is 13.0. The summed E-state index contributed by atoms with van der Waals surface area (Å²) in [5.41, 5.74) is 7.97. The molecule has 2 aromatic heterocycles. The van der Waals surface area contributed by atoms with Crippen LogP contribution in [0.4, 0.5) is 27.4 Å². The Labute approximate surface area is 166 Å². The second-order valence-electron chi connectivity index (χ2n) is 6.20. The molecule has 8 nitrogen and oxygen atoms in total. The normalized spacial score (nSPS) is 10.3. The van der Waals surface area contributed by atoms with Gasteiger partial charge < -0.3 is 21.7 Å². The number of rotatable bonds is 6. The largest absolute Gasteiger partial charge is 0.366 e. The number of amides is 2. The Morgan fingerprint density at radius 2 is 1.72 bits per heavy atom. The standard InChI is InChI=1S/C20H19FN6O2/c1-11-7-12(19(22)28)3-5-15(11)26-16-8-18(25-10-14(16)20(29)23-2)27-17-6-4-13(21)9-24-17/h3-10H,1-2H3,(H2,22,28)(H,23,29)(H2,24,25,26,27). The van der Waals surface area contributed by atoms with E-state index in [1.54, 1.807) is 24.3 Å². The Balaban J connectivity index is 1.95. The van der Waals surface area contributed by atoms with E-state index in [1.807, 2.05) is 6.92 Å². The van der Waals surface area contributed by atoms with Crippen molar-refractivity contribution in [2.45, 2.75) is 6.92 Å². The molecule has 0 bridgehead atoms. The Morgan fingerprint density at radius 1 is 0.966 bits per heavy atom. The van der Waals surface area contributed by atoms with E-state index in [-0.39, 0.29) is 5.91 Å². The number of nitrogens with zero attached hydrogens (tertiary/aromatic N) is 2. The molecule has 0 atom stereocenters. The smallest absolute Gasteiger partial charge is 0.254 e. The van der Waals surface area contributed by atoms with Crippen LogP contribution in [0.3, 0.4) is 0 Å². The molecule has 0 saturated carbocycles. The summed E-state index contributed by atoms with van der Waals surface area (Å²) in [7, 11) is 1.52. The second kappa shape index (κ2) is 8.34. The van der Waals surface area contributed by atoms with Crippen LogP contribution in [0, 0.1) is 12.7 Å². The van der Waals surface area contributed by atoms with Crippen molar-refractivity contribution in [1.82, 2.24) is 15.3 Å². The van der Waals surface area contributed by atoms with Crippen LogP contribution in [0.1, 0.15) is 26.3 Å². The Bertz CT molecular complexity index is 1070. The van der Waals surface area contributed by atoms with Gasteiger partial charge >= 0.3 is 0 Å². The number of aromatic nitrogens is 2. The highest BCUT2D eigenvalue weighted by atomic mass is 19.1. The summed E-state index contributed by atoms with van der Waals surface area (Å²) >= 11 is 0. The number of primary amides is 1. The second-order valence-corrected chi connectivity index (χ2v) is 6.20. The summed E-state index contributed by atoms with van der Waals surface area (Å²) in [5, 5.41) is 8.71. The first-order valence-electron chi connectivity index (χ1n) is 8.65. The van der Waals surface area contributed by atoms with Gasteiger partial charge in [0.1, 0.15) is 17.5 Å². The molecule has 29 heavy (non-hydrogen) atoms. The van der Waals surface area contributed by atoms with E-state index in [0.717, 1.165) is 11.8 Å². The molecule has 0 fully saturated rings. The van der Waals surface area contributed by atoms with Gasteiger partial charge in [0.2, 0.25) is 5.91 Å². The minimum atomic E-state index is -0.520. The van der Waals surface area contributed by atoms with Gasteiger partial charge in [0.15, 0.2) is 0 Å². The molecular formula is C20H19FN6O2. The molecule has 0 spiro atoms. The van der Waals surface area contributed by atoms with Gasteiger partial charge in [-0.15, -0.1) is 0 Å². The van der Waals surface area contributed by atoms with Crippen LogP contribution >= 0.6 is 0 Å². The predicted molar refractivity (Wildman–Crippen MR) is 108 cm³/mol. The molecule has 1 aromatic carbocycles. The molecule has 0 saturated heterocycles. The van der Waals surface area contributed by atoms with Crippen LogP contribution in [0.15, 0.2) is 48.8 Å². The minimum Gasteiger partial charge on any atom is -0.366 e. The summed E-state index contributed by atoms with van der Waals surface area (Å²) in [6.07, 6.45) is 2.50. The monoisotopic (exact) mass is 394 g/mol. The summed E-state index contributed by atoms with van der Waals surface area (Å²) in [6, 6.07) is 9.35. The molecule has 3 rings (SSSR count). The summed E-state index contributed by atoms with van der Waals surface area (Å²) in [6.45, 7) is 1.82. The number of nitrogens with one attached hydrogen (secondary N) is 3. The highest BCUT2D eigenvalue weighted by molar-refractivity contribution is 6.00. The first kappa shape index (κ1) is 19.7. The highest BCUT2D eigenvalue weighted by Gasteiger charge is 2.14. The van der Waals surface area contributed by atoms with Crippen molar-refractivity contribution in [2.75, 3.05) is 17.7 Å². The van der Waals surface area contributed by atoms with Gasteiger partial charge in [0, 0.05) is 30.6 Å². The van der Waals surface area contributed by atoms with E-state index in [9.17, 15) is 14.0 Å². The molecule has 0 aliphatic carbocycles. The Kier molecular flexibility index (Phi) is 5.68. The molecule has 5 N–H and O–H groups in total. The molecule has 0 unspecified atom stereocenters. The van der Waals surface area contributed by atoms with E-state index in [4.69, 9.17) is 5.73 Å². The van der Waals surface area contributed by atoms with Crippen molar-refractivity contribution in [3.8, 4) is 0 Å². The number of nitrogens with two attached hydrogens (primary N) is 1. The zero-order chi connectivity index (χ0) is 21.0. The number of halogens is 1. The number of carbonyl (C=O) groups is 2.